The number of nitrogens with zero attached hydrogens (tertiary/aromatic N) is 4. The Hall–Kier alpha value is -2.80. The van der Waals surface area contributed by atoms with Crippen molar-refractivity contribution in [2.75, 3.05) is 39.4 Å². The average Bonchev–Trinajstić information content (AvgIpc) is 3.10. The summed E-state index contributed by atoms with van der Waals surface area (Å²) in [6.07, 6.45) is -0.160. The molecule has 5 rings (SSSR count). The molecule has 39 heavy (non-hydrogen) atoms. The van der Waals surface area contributed by atoms with Crippen molar-refractivity contribution in [2.24, 2.45) is 0 Å². The van der Waals surface area contributed by atoms with Crippen molar-refractivity contribution in [1.29, 1.82) is 0 Å². The monoisotopic (exact) mass is 549 g/mol. The minimum Gasteiger partial charge on any atom is -0.381 e. The molecule has 0 saturated carbocycles. The van der Waals surface area contributed by atoms with Crippen molar-refractivity contribution in [1.82, 2.24) is 24.7 Å². The van der Waals surface area contributed by atoms with Crippen LogP contribution < -0.4 is 10.9 Å². The molecule has 1 amide bonds. The zero-order valence-corrected chi connectivity index (χ0v) is 21.7. The molecule has 9 nitrogen and oxygen atoms in total. The Kier molecular flexibility index (Phi) is 8.65. The molecule has 212 valence electrons. The van der Waals surface area contributed by atoms with Gasteiger partial charge in [-0.1, -0.05) is 6.07 Å². The summed E-state index contributed by atoms with van der Waals surface area (Å²) in [4.78, 5) is 33.8. The highest BCUT2D eigenvalue weighted by Crippen LogP contribution is 2.29. The minimum absolute atomic E-state index is 0.0190. The summed E-state index contributed by atoms with van der Waals surface area (Å²) in [6.45, 7) is 3.88. The van der Waals surface area contributed by atoms with Crippen LogP contribution in [-0.2, 0) is 40.1 Å². The molecular weight excluding hydrogens is 515 g/mol. The first-order chi connectivity index (χ1) is 18.8. The van der Waals surface area contributed by atoms with E-state index in [0.717, 1.165) is 37.6 Å². The van der Waals surface area contributed by atoms with E-state index in [0.29, 0.717) is 45.0 Å². The molecule has 2 saturated heterocycles. The highest BCUT2D eigenvalue weighted by Gasteiger charge is 2.38. The molecule has 3 aliphatic rings. The molecule has 3 atom stereocenters. The van der Waals surface area contributed by atoms with Crippen LogP contribution in [0.15, 0.2) is 41.3 Å². The predicted molar refractivity (Wildman–Crippen MR) is 136 cm³/mol. The molecule has 5 heterocycles. The van der Waals surface area contributed by atoms with E-state index < -0.39 is 17.3 Å². The summed E-state index contributed by atoms with van der Waals surface area (Å²) in [6, 6.07) is 7.39. The largest absolute Gasteiger partial charge is 0.416 e. The van der Waals surface area contributed by atoms with E-state index in [1.165, 1.54) is 4.57 Å². The normalized spacial score (nSPS) is 24.7. The number of rotatable bonds is 7. The van der Waals surface area contributed by atoms with E-state index in [2.05, 4.69) is 15.2 Å². The highest BCUT2D eigenvalue weighted by atomic mass is 19.4. The van der Waals surface area contributed by atoms with Crippen LogP contribution in [0.25, 0.3) is 0 Å². The van der Waals surface area contributed by atoms with Gasteiger partial charge in [-0.15, -0.1) is 0 Å². The zero-order valence-electron chi connectivity index (χ0n) is 21.7. The van der Waals surface area contributed by atoms with Crippen LogP contribution >= 0.6 is 0 Å². The topological polar surface area (TPSA) is 88.9 Å². The number of aromatic nitrogens is 2. The molecule has 0 radical (unpaired) electrons. The van der Waals surface area contributed by atoms with E-state index in [4.69, 9.17) is 9.47 Å². The molecule has 12 heteroatoms. The maximum atomic E-state index is 13.2. The SMILES string of the molecule is O=C(CN1CCn2c(cc(C(F)(F)F)cc2=O)C1)NC1CN(C2CCCOCC2)C[C@@H]1OCc1ccccn1. The van der Waals surface area contributed by atoms with Gasteiger partial charge in [0.2, 0.25) is 5.91 Å². The molecule has 3 aliphatic heterocycles. The van der Waals surface area contributed by atoms with Crippen LogP contribution in [0, 0.1) is 0 Å². The lowest BCUT2D eigenvalue weighted by atomic mass is 10.1. The maximum absolute atomic E-state index is 13.2. The van der Waals surface area contributed by atoms with Crippen LogP contribution in [0.5, 0.6) is 0 Å². The Bertz CT molecular complexity index is 1180. The van der Waals surface area contributed by atoms with Gasteiger partial charge < -0.3 is 19.4 Å². The van der Waals surface area contributed by atoms with Crippen molar-refractivity contribution in [3.8, 4) is 0 Å². The first kappa shape index (κ1) is 27.8. The van der Waals surface area contributed by atoms with Gasteiger partial charge in [0.05, 0.1) is 36.6 Å². The fourth-order valence-electron chi connectivity index (χ4n) is 5.68. The number of alkyl halides is 3. The molecule has 0 spiro atoms. The third kappa shape index (κ3) is 7.05. The average molecular weight is 550 g/mol. The third-order valence-electron chi connectivity index (χ3n) is 7.68. The Morgan fingerprint density at radius 3 is 2.82 bits per heavy atom. The molecule has 2 aromatic heterocycles. The summed E-state index contributed by atoms with van der Waals surface area (Å²) >= 11 is 0. The summed E-state index contributed by atoms with van der Waals surface area (Å²) in [5, 5.41) is 3.12. The molecule has 0 aliphatic carbocycles. The number of amides is 1. The fourth-order valence-corrected chi connectivity index (χ4v) is 5.68. The number of fused-ring (bicyclic) bond motifs is 1. The number of carbonyl (C=O) groups excluding carboxylic acids is 1. The number of halogens is 3. The summed E-state index contributed by atoms with van der Waals surface area (Å²) in [5.74, 6) is -0.222. The minimum atomic E-state index is -4.60. The van der Waals surface area contributed by atoms with Gasteiger partial charge in [-0.25, -0.2) is 0 Å². The standard InChI is InChI=1S/C27H34F3N5O4/c28-27(29,30)19-12-22-14-33(8-9-35(22)26(37)13-19)17-25(36)32-23-15-34(21-5-3-10-38-11-6-21)16-24(23)39-18-20-4-1-2-7-31-20/h1-2,4,7,12-13,21,23-24H,3,5-6,8-11,14-18H2,(H,32,36)/t21?,23?,24-/m0/s1. The van der Waals surface area contributed by atoms with Crippen molar-refractivity contribution >= 4 is 5.91 Å². The van der Waals surface area contributed by atoms with E-state index >= 15 is 0 Å². The first-order valence-corrected chi connectivity index (χ1v) is 13.4. The van der Waals surface area contributed by atoms with Gasteiger partial charge in [-0.2, -0.15) is 13.2 Å². The third-order valence-corrected chi connectivity index (χ3v) is 7.68. The Labute approximate surface area is 224 Å². The molecule has 0 aromatic carbocycles. The molecule has 2 unspecified atom stereocenters. The van der Waals surface area contributed by atoms with Crippen LogP contribution in [-0.4, -0.2) is 82.8 Å². The quantitative estimate of drug-likeness (QED) is 0.566. The maximum Gasteiger partial charge on any atom is 0.416 e. The second-order valence-corrected chi connectivity index (χ2v) is 10.4. The van der Waals surface area contributed by atoms with Crippen molar-refractivity contribution in [3.05, 3.63) is 63.8 Å². The fraction of sp³-hybridized carbons (Fsp3) is 0.593. The molecule has 2 fully saturated rings. The van der Waals surface area contributed by atoms with E-state index in [1.807, 2.05) is 18.2 Å². The second kappa shape index (κ2) is 12.2. The number of likely N-dealkylation sites (tertiary alicyclic amines) is 1. The lowest BCUT2D eigenvalue weighted by Crippen LogP contribution is -2.49. The summed E-state index contributed by atoms with van der Waals surface area (Å²) in [5.41, 5.74) is -0.572. The van der Waals surface area contributed by atoms with Gasteiger partial charge in [0.15, 0.2) is 0 Å². The second-order valence-electron chi connectivity index (χ2n) is 10.4. The van der Waals surface area contributed by atoms with Gasteiger partial charge in [0.1, 0.15) is 0 Å². The molecule has 2 aromatic rings. The van der Waals surface area contributed by atoms with Crippen molar-refractivity contribution in [3.63, 3.8) is 0 Å². The summed E-state index contributed by atoms with van der Waals surface area (Å²) < 4.78 is 52.9. The Balaban J connectivity index is 1.22. The molecular formula is C27H34F3N5O4. The number of ether oxygens (including phenoxy) is 2. The highest BCUT2D eigenvalue weighted by molar-refractivity contribution is 5.78. The van der Waals surface area contributed by atoms with Crippen LogP contribution in [0.4, 0.5) is 13.2 Å². The van der Waals surface area contributed by atoms with Crippen molar-refractivity contribution in [2.45, 2.75) is 63.3 Å². The van der Waals surface area contributed by atoms with Crippen LogP contribution in [0.2, 0.25) is 0 Å². The van der Waals surface area contributed by atoms with Crippen LogP contribution in [0.3, 0.4) is 0 Å². The number of carbonyl (C=O) groups is 1. The van der Waals surface area contributed by atoms with E-state index in [9.17, 15) is 22.8 Å². The number of nitrogens with one attached hydrogen (secondary N) is 1. The van der Waals surface area contributed by atoms with Crippen molar-refractivity contribution < 1.29 is 27.4 Å². The van der Waals surface area contributed by atoms with Crippen LogP contribution in [0.1, 0.15) is 36.2 Å². The van der Waals surface area contributed by atoms with Gasteiger partial charge in [-0.05, 0) is 37.5 Å². The van der Waals surface area contributed by atoms with Gasteiger partial charge in [0, 0.05) is 69.9 Å². The van der Waals surface area contributed by atoms with Gasteiger partial charge in [0.25, 0.3) is 5.56 Å². The summed E-state index contributed by atoms with van der Waals surface area (Å²) in [7, 11) is 0. The number of pyridine rings is 2. The lowest BCUT2D eigenvalue weighted by molar-refractivity contribution is -0.138. The van der Waals surface area contributed by atoms with Gasteiger partial charge >= 0.3 is 6.18 Å². The number of hydrogen-bond acceptors (Lipinski definition) is 7. The van der Waals surface area contributed by atoms with E-state index in [1.54, 1.807) is 11.1 Å². The van der Waals surface area contributed by atoms with Gasteiger partial charge in [-0.3, -0.25) is 24.4 Å². The number of hydrogen-bond donors (Lipinski definition) is 1. The Morgan fingerprint density at radius 1 is 1.15 bits per heavy atom. The molecule has 0 bridgehead atoms. The predicted octanol–water partition coefficient (Wildman–Crippen LogP) is 2.03. The lowest BCUT2D eigenvalue weighted by Gasteiger charge is -2.30. The zero-order chi connectivity index (χ0) is 27.4. The first-order valence-electron chi connectivity index (χ1n) is 13.4. The Morgan fingerprint density at radius 2 is 2.03 bits per heavy atom. The molecule has 1 N–H and O–H groups in total. The smallest absolute Gasteiger partial charge is 0.381 e. The van der Waals surface area contributed by atoms with E-state index in [-0.39, 0.29) is 43.4 Å².